The molecule has 0 unspecified atom stereocenters. The summed E-state index contributed by atoms with van der Waals surface area (Å²) in [5.74, 6) is -0.154. The summed E-state index contributed by atoms with van der Waals surface area (Å²) >= 11 is 11.8. The second kappa shape index (κ2) is 5.38. The van der Waals surface area contributed by atoms with Crippen molar-refractivity contribution in [1.82, 2.24) is 10.3 Å². The molecule has 0 atom stereocenters. The summed E-state index contributed by atoms with van der Waals surface area (Å²) in [6.45, 7) is 0. The standard InChI is InChI=1S/C13H10Cl2N2O/c1-16-13(18)9-4-5-17-12(7-9)8-2-3-10(14)11(15)6-8/h2-7H,1H3,(H,16,18). The highest BCUT2D eigenvalue weighted by atomic mass is 35.5. The Hall–Kier alpha value is -1.58. The molecule has 0 spiro atoms. The number of aromatic nitrogens is 1. The van der Waals surface area contributed by atoms with Crippen LogP contribution in [0.5, 0.6) is 0 Å². The number of carbonyl (C=O) groups is 1. The molecule has 2 rings (SSSR count). The van der Waals surface area contributed by atoms with Crippen molar-refractivity contribution in [3.8, 4) is 11.3 Å². The Labute approximate surface area is 115 Å². The van der Waals surface area contributed by atoms with Crippen molar-refractivity contribution in [2.75, 3.05) is 7.05 Å². The molecule has 5 heteroatoms. The van der Waals surface area contributed by atoms with Gasteiger partial charge in [-0.25, -0.2) is 0 Å². The SMILES string of the molecule is CNC(=O)c1ccnc(-c2ccc(Cl)c(Cl)c2)c1. The molecule has 18 heavy (non-hydrogen) atoms. The van der Waals surface area contributed by atoms with Gasteiger partial charge in [-0.3, -0.25) is 9.78 Å². The fourth-order valence-corrected chi connectivity index (χ4v) is 1.83. The molecule has 0 saturated heterocycles. The quantitative estimate of drug-likeness (QED) is 0.916. The van der Waals surface area contributed by atoms with Gasteiger partial charge in [0.1, 0.15) is 0 Å². The lowest BCUT2D eigenvalue weighted by atomic mass is 10.1. The predicted molar refractivity (Wildman–Crippen MR) is 73.1 cm³/mol. The zero-order chi connectivity index (χ0) is 13.1. The highest BCUT2D eigenvalue weighted by Crippen LogP contribution is 2.27. The molecule has 3 nitrogen and oxygen atoms in total. The van der Waals surface area contributed by atoms with Crippen molar-refractivity contribution >= 4 is 29.1 Å². The summed E-state index contributed by atoms with van der Waals surface area (Å²) in [6.07, 6.45) is 1.59. The fraction of sp³-hybridized carbons (Fsp3) is 0.0769. The number of halogens is 2. The minimum absolute atomic E-state index is 0.154. The van der Waals surface area contributed by atoms with Crippen LogP contribution in [0.15, 0.2) is 36.5 Å². The van der Waals surface area contributed by atoms with Crippen LogP contribution in [0.3, 0.4) is 0 Å². The molecule has 1 N–H and O–H groups in total. The first kappa shape index (κ1) is 12.9. The number of hydrogen-bond acceptors (Lipinski definition) is 2. The van der Waals surface area contributed by atoms with E-state index in [0.29, 0.717) is 21.3 Å². The third-order valence-corrected chi connectivity index (χ3v) is 3.20. The topological polar surface area (TPSA) is 42.0 Å². The van der Waals surface area contributed by atoms with E-state index in [9.17, 15) is 4.79 Å². The molecule has 0 bridgehead atoms. The van der Waals surface area contributed by atoms with Crippen LogP contribution < -0.4 is 5.32 Å². The monoisotopic (exact) mass is 280 g/mol. The van der Waals surface area contributed by atoms with Gasteiger partial charge in [0.2, 0.25) is 0 Å². The summed E-state index contributed by atoms with van der Waals surface area (Å²) in [6, 6.07) is 8.59. The summed E-state index contributed by atoms with van der Waals surface area (Å²) < 4.78 is 0. The van der Waals surface area contributed by atoms with E-state index in [1.165, 1.54) is 0 Å². The molecular weight excluding hydrogens is 271 g/mol. The van der Waals surface area contributed by atoms with Crippen molar-refractivity contribution in [2.45, 2.75) is 0 Å². The van der Waals surface area contributed by atoms with E-state index < -0.39 is 0 Å². The van der Waals surface area contributed by atoms with Crippen LogP contribution in [-0.2, 0) is 0 Å². The Morgan fingerprint density at radius 3 is 2.61 bits per heavy atom. The maximum atomic E-state index is 11.5. The van der Waals surface area contributed by atoms with Gasteiger partial charge in [0.25, 0.3) is 5.91 Å². The molecule has 1 aromatic heterocycles. The van der Waals surface area contributed by atoms with Crippen LogP contribution in [-0.4, -0.2) is 17.9 Å². The van der Waals surface area contributed by atoms with E-state index in [1.807, 2.05) is 6.07 Å². The molecule has 1 amide bonds. The lowest BCUT2D eigenvalue weighted by molar-refractivity contribution is 0.0963. The largest absolute Gasteiger partial charge is 0.355 e. The first-order chi connectivity index (χ1) is 8.61. The number of nitrogens with one attached hydrogen (secondary N) is 1. The van der Waals surface area contributed by atoms with Gasteiger partial charge in [-0.2, -0.15) is 0 Å². The maximum absolute atomic E-state index is 11.5. The lowest BCUT2D eigenvalue weighted by Gasteiger charge is -2.05. The number of hydrogen-bond donors (Lipinski definition) is 1. The van der Waals surface area contributed by atoms with E-state index in [0.717, 1.165) is 5.56 Å². The van der Waals surface area contributed by atoms with E-state index in [2.05, 4.69) is 10.3 Å². The third kappa shape index (κ3) is 2.63. The molecule has 1 heterocycles. The smallest absolute Gasteiger partial charge is 0.251 e. The van der Waals surface area contributed by atoms with Crippen molar-refractivity contribution in [3.63, 3.8) is 0 Å². The average Bonchev–Trinajstić information content (AvgIpc) is 2.41. The molecular formula is C13H10Cl2N2O. The number of rotatable bonds is 2. The fourth-order valence-electron chi connectivity index (χ4n) is 1.53. The first-order valence-corrected chi connectivity index (χ1v) is 6.01. The predicted octanol–water partition coefficient (Wildman–Crippen LogP) is 3.42. The second-order valence-corrected chi connectivity index (χ2v) is 4.45. The van der Waals surface area contributed by atoms with Gasteiger partial charge in [-0.05, 0) is 24.3 Å². The minimum atomic E-state index is -0.154. The highest BCUT2D eigenvalue weighted by molar-refractivity contribution is 6.42. The first-order valence-electron chi connectivity index (χ1n) is 5.25. The van der Waals surface area contributed by atoms with Gasteiger partial charge >= 0.3 is 0 Å². The van der Waals surface area contributed by atoms with Gasteiger partial charge in [-0.1, -0.05) is 29.3 Å². The van der Waals surface area contributed by atoms with Crippen molar-refractivity contribution in [1.29, 1.82) is 0 Å². The molecule has 92 valence electrons. The number of pyridine rings is 1. The van der Waals surface area contributed by atoms with Gasteiger partial charge in [0, 0.05) is 24.4 Å². The van der Waals surface area contributed by atoms with Crippen LogP contribution in [0.1, 0.15) is 10.4 Å². The van der Waals surface area contributed by atoms with Gasteiger partial charge in [0.15, 0.2) is 0 Å². The van der Waals surface area contributed by atoms with Gasteiger partial charge < -0.3 is 5.32 Å². The normalized spacial score (nSPS) is 10.2. The Kier molecular flexibility index (Phi) is 3.84. The van der Waals surface area contributed by atoms with E-state index in [4.69, 9.17) is 23.2 Å². The van der Waals surface area contributed by atoms with E-state index in [-0.39, 0.29) is 5.91 Å². The molecule has 1 aromatic carbocycles. The highest BCUT2D eigenvalue weighted by Gasteiger charge is 2.07. The number of benzene rings is 1. The Morgan fingerprint density at radius 1 is 1.17 bits per heavy atom. The molecule has 0 fully saturated rings. The minimum Gasteiger partial charge on any atom is -0.355 e. The summed E-state index contributed by atoms with van der Waals surface area (Å²) in [4.78, 5) is 15.7. The second-order valence-electron chi connectivity index (χ2n) is 3.64. The summed E-state index contributed by atoms with van der Waals surface area (Å²) in [7, 11) is 1.58. The average molecular weight is 281 g/mol. The zero-order valence-electron chi connectivity index (χ0n) is 9.58. The molecule has 0 aliphatic carbocycles. The molecule has 0 aliphatic heterocycles. The molecule has 0 aliphatic rings. The van der Waals surface area contributed by atoms with E-state index in [1.54, 1.807) is 37.5 Å². The molecule has 2 aromatic rings. The molecule has 0 radical (unpaired) electrons. The summed E-state index contributed by atoms with van der Waals surface area (Å²) in [5, 5.41) is 3.51. The van der Waals surface area contributed by atoms with Crippen LogP contribution in [0.4, 0.5) is 0 Å². The zero-order valence-corrected chi connectivity index (χ0v) is 11.1. The Balaban J connectivity index is 2.44. The van der Waals surface area contributed by atoms with Gasteiger partial charge in [0.05, 0.1) is 15.7 Å². The van der Waals surface area contributed by atoms with Crippen LogP contribution in [0.25, 0.3) is 11.3 Å². The molecule has 0 saturated carbocycles. The van der Waals surface area contributed by atoms with Crippen molar-refractivity contribution in [3.05, 3.63) is 52.1 Å². The number of nitrogens with zero attached hydrogens (tertiary/aromatic N) is 1. The third-order valence-electron chi connectivity index (χ3n) is 2.46. The number of carbonyl (C=O) groups excluding carboxylic acids is 1. The lowest BCUT2D eigenvalue weighted by Crippen LogP contribution is -2.17. The van der Waals surface area contributed by atoms with E-state index >= 15 is 0 Å². The van der Waals surface area contributed by atoms with Gasteiger partial charge in [-0.15, -0.1) is 0 Å². The van der Waals surface area contributed by atoms with Crippen LogP contribution in [0.2, 0.25) is 10.0 Å². The van der Waals surface area contributed by atoms with Crippen LogP contribution >= 0.6 is 23.2 Å². The van der Waals surface area contributed by atoms with Crippen LogP contribution in [0, 0.1) is 0 Å². The van der Waals surface area contributed by atoms with Crippen molar-refractivity contribution in [2.24, 2.45) is 0 Å². The maximum Gasteiger partial charge on any atom is 0.251 e. The van der Waals surface area contributed by atoms with Crippen molar-refractivity contribution < 1.29 is 4.79 Å². The Morgan fingerprint density at radius 2 is 1.94 bits per heavy atom. The summed E-state index contributed by atoms with van der Waals surface area (Å²) in [5.41, 5.74) is 2.04. The Bertz CT molecular complexity index is 599. The number of amides is 1.